The topological polar surface area (TPSA) is 37.9 Å². The fraction of sp³-hybridized carbons (Fsp3) is 0.0833. The van der Waals surface area contributed by atoms with Crippen LogP contribution < -0.4 is 4.74 Å². The molecule has 1 aromatic heterocycles. The summed E-state index contributed by atoms with van der Waals surface area (Å²) in [7, 11) is 0. The van der Waals surface area contributed by atoms with Gasteiger partial charge in [0.05, 0.1) is 17.0 Å². The van der Waals surface area contributed by atoms with Gasteiger partial charge in [0.15, 0.2) is 0 Å². The van der Waals surface area contributed by atoms with E-state index in [1.165, 1.54) is 0 Å². The molecule has 1 aliphatic rings. The van der Waals surface area contributed by atoms with E-state index in [4.69, 9.17) is 16.3 Å². The van der Waals surface area contributed by atoms with E-state index >= 15 is 0 Å². The van der Waals surface area contributed by atoms with E-state index in [0.29, 0.717) is 11.6 Å². The number of nitrogens with zero attached hydrogens (tertiary/aromatic N) is 1. The third-order valence-electron chi connectivity index (χ3n) is 2.55. The highest BCUT2D eigenvalue weighted by Gasteiger charge is 2.18. The lowest BCUT2D eigenvalue weighted by atomic mass is 10.0. The number of aromatic nitrogens is 2. The van der Waals surface area contributed by atoms with Crippen LogP contribution in [0.1, 0.15) is 11.3 Å². The number of H-pyrrole nitrogens is 1. The van der Waals surface area contributed by atoms with Crippen LogP contribution in [0.5, 0.6) is 5.75 Å². The highest BCUT2D eigenvalue weighted by atomic mass is 35.5. The van der Waals surface area contributed by atoms with E-state index in [1.54, 1.807) is 6.33 Å². The Balaban J connectivity index is 2.17. The van der Waals surface area contributed by atoms with Crippen LogP contribution in [-0.2, 0) is 0 Å². The summed E-state index contributed by atoms with van der Waals surface area (Å²) in [6.45, 7) is 0.527. The molecule has 0 saturated heterocycles. The van der Waals surface area contributed by atoms with Gasteiger partial charge in [-0.05, 0) is 12.1 Å². The fourth-order valence-electron chi connectivity index (χ4n) is 1.84. The summed E-state index contributed by atoms with van der Waals surface area (Å²) in [5.41, 5.74) is 2.96. The van der Waals surface area contributed by atoms with Crippen LogP contribution in [0.4, 0.5) is 0 Å². The predicted octanol–water partition coefficient (Wildman–Crippen LogP) is 2.89. The molecule has 0 saturated carbocycles. The summed E-state index contributed by atoms with van der Waals surface area (Å²) in [5.74, 6) is 0.740. The van der Waals surface area contributed by atoms with Gasteiger partial charge in [0.1, 0.15) is 12.4 Å². The fourth-order valence-corrected chi connectivity index (χ4v) is 2.07. The monoisotopic (exact) mass is 232 g/mol. The number of ether oxygens (including phenoxy) is 1. The second-order valence-electron chi connectivity index (χ2n) is 3.50. The van der Waals surface area contributed by atoms with Gasteiger partial charge in [-0.15, -0.1) is 0 Å². The molecule has 1 N–H and O–H groups in total. The van der Waals surface area contributed by atoms with Crippen molar-refractivity contribution in [3.8, 4) is 5.75 Å². The van der Waals surface area contributed by atoms with Gasteiger partial charge in [-0.25, -0.2) is 4.98 Å². The second kappa shape index (κ2) is 3.68. The molecule has 80 valence electrons. The smallest absolute Gasteiger partial charge is 0.146 e. The maximum Gasteiger partial charge on any atom is 0.146 e. The third-order valence-corrected chi connectivity index (χ3v) is 2.84. The van der Waals surface area contributed by atoms with Crippen LogP contribution in [0.15, 0.2) is 36.8 Å². The summed E-state index contributed by atoms with van der Waals surface area (Å²) in [4.78, 5) is 7.19. The quantitative estimate of drug-likeness (QED) is 0.821. The van der Waals surface area contributed by atoms with E-state index in [9.17, 15) is 0 Å². The minimum atomic E-state index is 0.527. The van der Waals surface area contributed by atoms with Gasteiger partial charge < -0.3 is 9.72 Å². The summed E-state index contributed by atoms with van der Waals surface area (Å²) < 4.78 is 5.54. The third kappa shape index (κ3) is 1.41. The molecule has 0 bridgehead atoms. The zero-order valence-electron chi connectivity index (χ0n) is 8.40. The normalized spacial score (nSPS) is 13.9. The molecule has 1 aliphatic heterocycles. The Morgan fingerprint density at radius 3 is 3.12 bits per heavy atom. The van der Waals surface area contributed by atoms with Gasteiger partial charge in [-0.2, -0.15) is 0 Å². The Kier molecular flexibility index (Phi) is 2.18. The van der Waals surface area contributed by atoms with Crippen LogP contribution in [0.25, 0.3) is 5.57 Å². The molecule has 1 aromatic carbocycles. The number of nitrogens with one attached hydrogen (secondary N) is 1. The Bertz CT molecular complexity index is 546. The van der Waals surface area contributed by atoms with E-state index < -0.39 is 0 Å². The molecular formula is C12H9ClN2O. The summed E-state index contributed by atoms with van der Waals surface area (Å²) >= 11 is 6.09. The number of halogens is 1. The molecule has 16 heavy (non-hydrogen) atoms. The first-order chi connectivity index (χ1) is 7.86. The van der Waals surface area contributed by atoms with Crippen LogP contribution >= 0.6 is 11.6 Å². The number of hydrogen-bond acceptors (Lipinski definition) is 2. The highest BCUT2D eigenvalue weighted by Crippen LogP contribution is 2.37. The van der Waals surface area contributed by atoms with E-state index in [-0.39, 0.29) is 0 Å². The van der Waals surface area contributed by atoms with Gasteiger partial charge in [-0.1, -0.05) is 23.7 Å². The SMILES string of the molecule is Clc1cccc2c1OCC=C2c1c[nH]cn1. The minimum absolute atomic E-state index is 0.527. The van der Waals surface area contributed by atoms with Crippen LogP contribution in [-0.4, -0.2) is 16.6 Å². The number of imidazole rings is 1. The molecule has 3 nitrogen and oxygen atoms in total. The molecule has 0 spiro atoms. The second-order valence-corrected chi connectivity index (χ2v) is 3.91. The van der Waals surface area contributed by atoms with Crippen molar-refractivity contribution in [1.29, 1.82) is 0 Å². The summed E-state index contributed by atoms with van der Waals surface area (Å²) in [6.07, 6.45) is 5.53. The molecular weight excluding hydrogens is 224 g/mol. The molecule has 0 atom stereocenters. The molecule has 3 rings (SSSR count). The van der Waals surface area contributed by atoms with Gasteiger partial charge in [0, 0.05) is 17.3 Å². The van der Waals surface area contributed by atoms with Crippen molar-refractivity contribution in [2.45, 2.75) is 0 Å². The Morgan fingerprint density at radius 2 is 2.31 bits per heavy atom. The number of aromatic amines is 1. The molecule has 0 radical (unpaired) electrons. The molecule has 4 heteroatoms. The van der Waals surface area contributed by atoms with Crippen molar-refractivity contribution in [2.75, 3.05) is 6.61 Å². The van der Waals surface area contributed by atoms with Crippen molar-refractivity contribution in [1.82, 2.24) is 9.97 Å². The zero-order chi connectivity index (χ0) is 11.0. The van der Waals surface area contributed by atoms with E-state index in [1.807, 2.05) is 30.5 Å². The largest absolute Gasteiger partial charge is 0.487 e. The van der Waals surface area contributed by atoms with Crippen molar-refractivity contribution < 1.29 is 4.74 Å². The number of hydrogen-bond donors (Lipinski definition) is 1. The van der Waals surface area contributed by atoms with Crippen molar-refractivity contribution in [3.63, 3.8) is 0 Å². The van der Waals surface area contributed by atoms with Gasteiger partial charge in [0.2, 0.25) is 0 Å². The van der Waals surface area contributed by atoms with Crippen molar-refractivity contribution in [3.05, 3.63) is 53.1 Å². The summed E-state index contributed by atoms with van der Waals surface area (Å²) in [6, 6.07) is 5.73. The van der Waals surface area contributed by atoms with E-state index in [0.717, 1.165) is 22.6 Å². The van der Waals surface area contributed by atoms with Gasteiger partial charge >= 0.3 is 0 Å². The lowest BCUT2D eigenvalue weighted by Crippen LogP contribution is -2.06. The zero-order valence-corrected chi connectivity index (χ0v) is 9.16. The number of para-hydroxylation sites is 1. The first-order valence-corrected chi connectivity index (χ1v) is 5.35. The standard InChI is InChI=1S/C12H9ClN2O/c13-10-3-1-2-9-8(4-5-16-12(9)10)11-6-14-7-15-11/h1-4,6-7H,5H2,(H,14,15). The first-order valence-electron chi connectivity index (χ1n) is 4.97. The van der Waals surface area contributed by atoms with Crippen LogP contribution in [0, 0.1) is 0 Å². The van der Waals surface area contributed by atoms with Gasteiger partial charge in [-0.3, -0.25) is 0 Å². The van der Waals surface area contributed by atoms with E-state index in [2.05, 4.69) is 9.97 Å². The molecule has 0 amide bonds. The van der Waals surface area contributed by atoms with Crippen LogP contribution in [0.2, 0.25) is 5.02 Å². The van der Waals surface area contributed by atoms with Crippen LogP contribution in [0.3, 0.4) is 0 Å². The lowest BCUT2D eigenvalue weighted by Gasteiger charge is -2.18. The Labute approximate surface area is 97.7 Å². The molecule has 2 heterocycles. The van der Waals surface area contributed by atoms with Crippen molar-refractivity contribution in [2.24, 2.45) is 0 Å². The maximum absolute atomic E-state index is 6.09. The van der Waals surface area contributed by atoms with Gasteiger partial charge in [0.25, 0.3) is 0 Å². The maximum atomic E-state index is 6.09. The molecule has 0 fully saturated rings. The van der Waals surface area contributed by atoms with Crippen molar-refractivity contribution >= 4 is 17.2 Å². The highest BCUT2D eigenvalue weighted by molar-refractivity contribution is 6.32. The minimum Gasteiger partial charge on any atom is -0.487 e. The lowest BCUT2D eigenvalue weighted by molar-refractivity contribution is 0.357. The molecule has 2 aromatic rings. The number of benzene rings is 1. The average molecular weight is 233 g/mol. The molecule has 0 unspecified atom stereocenters. The molecule has 0 aliphatic carbocycles. The Morgan fingerprint density at radius 1 is 1.38 bits per heavy atom. The average Bonchev–Trinajstić information content (AvgIpc) is 2.82. The number of fused-ring (bicyclic) bond motifs is 1. The summed E-state index contributed by atoms with van der Waals surface area (Å²) in [5, 5.41) is 0.638. The predicted molar refractivity (Wildman–Crippen MR) is 62.6 cm³/mol. The Hall–Kier alpha value is -1.74. The first kappa shape index (κ1) is 9.48. The number of rotatable bonds is 1.